The summed E-state index contributed by atoms with van der Waals surface area (Å²) in [7, 11) is 0. The number of piperidine rings is 1. The lowest BCUT2D eigenvalue weighted by molar-refractivity contribution is -0.131. The van der Waals surface area contributed by atoms with Gasteiger partial charge in [0.25, 0.3) is 5.91 Å². The van der Waals surface area contributed by atoms with Crippen molar-refractivity contribution in [2.75, 3.05) is 26.2 Å². The van der Waals surface area contributed by atoms with E-state index in [1.165, 1.54) is 12.8 Å². The summed E-state index contributed by atoms with van der Waals surface area (Å²) in [4.78, 5) is 26.2. The van der Waals surface area contributed by atoms with Crippen LogP contribution in [0.25, 0.3) is 0 Å². The molecular weight excluding hydrogens is 406 g/mol. The molecule has 0 aromatic heterocycles. The number of amides is 2. The van der Waals surface area contributed by atoms with Gasteiger partial charge in [0, 0.05) is 29.2 Å². The lowest BCUT2D eigenvalue weighted by atomic mass is 10.0. The van der Waals surface area contributed by atoms with Crippen LogP contribution in [0.15, 0.2) is 28.7 Å². The third-order valence-electron chi connectivity index (χ3n) is 4.73. The molecule has 0 spiro atoms. The molecule has 7 heteroatoms. The molecule has 1 aromatic carbocycles. The Kier molecular flexibility index (Phi) is 7.72. The zero-order chi connectivity index (χ0) is 16.9. The van der Waals surface area contributed by atoms with Gasteiger partial charge < -0.3 is 15.5 Å². The zero-order valence-corrected chi connectivity index (χ0v) is 16.6. The molecule has 0 radical (unpaired) electrons. The number of halogens is 2. The summed E-state index contributed by atoms with van der Waals surface area (Å²) in [5.74, 6) is 0.669. The fraction of sp³-hybridized carbons (Fsp3) is 0.556. The Labute approximate surface area is 163 Å². The van der Waals surface area contributed by atoms with Crippen molar-refractivity contribution in [3.63, 3.8) is 0 Å². The fourth-order valence-corrected chi connectivity index (χ4v) is 3.39. The number of likely N-dealkylation sites (tertiary alicyclic amines) is 1. The monoisotopic (exact) mass is 429 g/mol. The van der Waals surface area contributed by atoms with Gasteiger partial charge in [-0.2, -0.15) is 0 Å². The van der Waals surface area contributed by atoms with Crippen molar-refractivity contribution in [1.29, 1.82) is 0 Å². The van der Waals surface area contributed by atoms with Gasteiger partial charge in [-0.1, -0.05) is 22.0 Å². The minimum Gasteiger partial charge on any atom is -0.343 e. The first-order chi connectivity index (χ1) is 11.6. The van der Waals surface area contributed by atoms with E-state index >= 15 is 0 Å². The van der Waals surface area contributed by atoms with Crippen LogP contribution >= 0.6 is 28.3 Å². The zero-order valence-electron chi connectivity index (χ0n) is 14.2. The van der Waals surface area contributed by atoms with E-state index in [9.17, 15) is 9.59 Å². The van der Waals surface area contributed by atoms with Crippen LogP contribution in [0.3, 0.4) is 0 Å². The second kappa shape index (κ2) is 9.55. The van der Waals surface area contributed by atoms with Gasteiger partial charge in [0.15, 0.2) is 0 Å². The van der Waals surface area contributed by atoms with E-state index in [-0.39, 0.29) is 30.8 Å². The second-order valence-corrected chi connectivity index (χ2v) is 7.62. The number of benzene rings is 1. The van der Waals surface area contributed by atoms with Crippen molar-refractivity contribution < 1.29 is 9.59 Å². The molecule has 2 amide bonds. The van der Waals surface area contributed by atoms with Gasteiger partial charge in [-0.3, -0.25) is 9.59 Å². The van der Waals surface area contributed by atoms with E-state index in [0.717, 1.165) is 42.9 Å². The van der Waals surface area contributed by atoms with Gasteiger partial charge in [-0.15, -0.1) is 12.4 Å². The molecule has 0 bridgehead atoms. The van der Waals surface area contributed by atoms with Gasteiger partial charge in [-0.25, -0.2) is 0 Å². The van der Waals surface area contributed by atoms with Gasteiger partial charge >= 0.3 is 0 Å². The maximum Gasteiger partial charge on any atom is 0.251 e. The van der Waals surface area contributed by atoms with E-state index in [1.807, 2.05) is 11.0 Å². The van der Waals surface area contributed by atoms with Crippen molar-refractivity contribution >= 4 is 40.2 Å². The van der Waals surface area contributed by atoms with Crippen LogP contribution in [0.4, 0.5) is 0 Å². The van der Waals surface area contributed by atoms with Crippen molar-refractivity contribution in [2.45, 2.75) is 31.7 Å². The lowest BCUT2D eigenvalue weighted by Crippen LogP contribution is -2.48. The van der Waals surface area contributed by atoms with Crippen molar-refractivity contribution in [2.24, 2.45) is 5.92 Å². The van der Waals surface area contributed by atoms with E-state index in [2.05, 4.69) is 26.6 Å². The topological polar surface area (TPSA) is 61.4 Å². The number of nitrogens with zero attached hydrogens (tertiary/aromatic N) is 1. The van der Waals surface area contributed by atoms with Crippen LogP contribution in [0.5, 0.6) is 0 Å². The van der Waals surface area contributed by atoms with E-state index in [1.54, 1.807) is 18.2 Å². The molecule has 2 N–H and O–H groups in total. The number of hydrogen-bond acceptors (Lipinski definition) is 3. The predicted molar refractivity (Wildman–Crippen MR) is 104 cm³/mol. The number of rotatable bonds is 6. The minimum absolute atomic E-state index is 0. The molecule has 0 unspecified atom stereocenters. The van der Waals surface area contributed by atoms with Gasteiger partial charge in [0.05, 0.1) is 6.54 Å². The smallest absolute Gasteiger partial charge is 0.251 e. The predicted octanol–water partition coefficient (Wildman–Crippen LogP) is 2.59. The van der Waals surface area contributed by atoms with Crippen LogP contribution < -0.4 is 10.6 Å². The second-order valence-electron chi connectivity index (χ2n) is 6.70. The number of carbonyl (C=O) groups excluding carboxylic acids is 2. The Hall–Kier alpha value is -1.11. The van der Waals surface area contributed by atoms with Crippen molar-refractivity contribution in [3.05, 3.63) is 34.3 Å². The highest BCUT2D eigenvalue weighted by Gasteiger charge is 2.26. The molecule has 5 nitrogen and oxygen atoms in total. The summed E-state index contributed by atoms with van der Waals surface area (Å²) in [5.41, 5.74) is 0.556. The standard InChI is InChI=1S/C18H24BrN3O2.ClH/c19-15-3-1-2-14(10-15)18(24)21-12-17(23)22-8-6-16(7-9-22)20-11-13-4-5-13;/h1-3,10,13,16,20H,4-9,11-12H2,(H,21,24);1H. The number of hydrogen-bond donors (Lipinski definition) is 2. The first-order valence-electron chi connectivity index (χ1n) is 8.67. The maximum atomic E-state index is 12.3. The Morgan fingerprint density at radius 1 is 1.16 bits per heavy atom. The summed E-state index contributed by atoms with van der Waals surface area (Å²) < 4.78 is 0.849. The molecule has 2 aliphatic rings. The Morgan fingerprint density at radius 2 is 1.88 bits per heavy atom. The first-order valence-corrected chi connectivity index (χ1v) is 9.46. The largest absolute Gasteiger partial charge is 0.343 e. The average molecular weight is 431 g/mol. The van der Waals surface area contributed by atoms with Crippen molar-refractivity contribution in [1.82, 2.24) is 15.5 Å². The van der Waals surface area contributed by atoms with Crippen molar-refractivity contribution in [3.8, 4) is 0 Å². The lowest BCUT2D eigenvalue weighted by Gasteiger charge is -2.32. The Balaban J connectivity index is 0.00000225. The Bertz CT molecular complexity index is 602. The van der Waals surface area contributed by atoms with Crippen LogP contribution in [-0.2, 0) is 4.79 Å². The first kappa shape index (κ1) is 20.2. The van der Waals surface area contributed by atoms with Crippen LogP contribution in [0.1, 0.15) is 36.0 Å². The normalized spacial score (nSPS) is 17.7. The minimum atomic E-state index is -0.217. The SMILES string of the molecule is Cl.O=C(NCC(=O)N1CCC(NCC2CC2)CC1)c1cccc(Br)c1. The molecule has 1 aromatic rings. The molecule has 1 saturated heterocycles. The van der Waals surface area contributed by atoms with Gasteiger partial charge in [0.2, 0.25) is 5.91 Å². The molecular formula is C18H25BrClN3O2. The van der Waals surface area contributed by atoms with Crippen LogP contribution in [-0.4, -0.2) is 48.9 Å². The van der Waals surface area contributed by atoms with Gasteiger partial charge in [-0.05, 0) is 56.3 Å². The highest BCUT2D eigenvalue weighted by molar-refractivity contribution is 9.10. The molecule has 1 aliphatic carbocycles. The Morgan fingerprint density at radius 3 is 2.52 bits per heavy atom. The summed E-state index contributed by atoms with van der Waals surface area (Å²) in [5, 5.41) is 6.32. The molecule has 25 heavy (non-hydrogen) atoms. The average Bonchev–Trinajstić information content (AvgIpc) is 3.42. The van der Waals surface area contributed by atoms with E-state index in [4.69, 9.17) is 0 Å². The molecule has 1 saturated carbocycles. The maximum absolute atomic E-state index is 12.3. The molecule has 1 heterocycles. The highest BCUT2D eigenvalue weighted by Crippen LogP contribution is 2.28. The fourth-order valence-electron chi connectivity index (χ4n) is 2.99. The summed E-state index contributed by atoms with van der Waals surface area (Å²) in [6, 6.07) is 7.69. The molecule has 2 fully saturated rings. The third kappa shape index (κ3) is 6.28. The quantitative estimate of drug-likeness (QED) is 0.729. The van der Waals surface area contributed by atoms with Gasteiger partial charge in [0.1, 0.15) is 0 Å². The summed E-state index contributed by atoms with van der Waals surface area (Å²) in [6.07, 6.45) is 4.72. The molecule has 0 atom stereocenters. The molecule has 138 valence electrons. The summed E-state index contributed by atoms with van der Waals surface area (Å²) in [6.45, 7) is 2.73. The highest BCUT2D eigenvalue weighted by atomic mass is 79.9. The summed E-state index contributed by atoms with van der Waals surface area (Å²) >= 11 is 3.34. The van der Waals surface area contributed by atoms with E-state index in [0.29, 0.717) is 11.6 Å². The van der Waals surface area contributed by atoms with Crippen LogP contribution in [0.2, 0.25) is 0 Å². The molecule has 1 aliphatic heterocycles. The van der Waals surface area contributed by atoms with Crippen LogP contribution in [0, 0.1) is 5.92 Å². The number of carbonyl (C=O) groups is 2. The van der Waals surface area contributed by atoms with E-state index < -0.39 is 0 Å². The number of nitrogens with one attached hydrogen (secondary N) is 2. The molecule has 3 rings (SSSR count). The third-order valence-corrected chi connectivity index (χ3v) is 5.22.